The molecule has 30 nitrogen and oxygen atoms in total. The summed E-state index contributed by atoms with van der Waals surface area (Å²) in [6.45, 7) is 8.38. The molecule has 8 aromatic rings. The number of fused-ring (bicyclic) bond motifs is 2. The van der Waals surface area contributed by atoms with Crippen molar-refractivity contribution in [3.05, 3.63) is 192 Å². The molecule has 0 saturated carbocycles. The van der Waals surface area contributed by atoms with Gasteiger partial charge in [-0.3, -0.25) is 47.9 Å². The zero-order valence-corrected chi connectivity index (χ0v) is 67.0. The van der Waals surface area contributed by atoms with E-state index in [0.717, 1.165) is 54.9 Å². The summed E-state index contributed by atoms with van der Waals surface area (Å²) in [6, 6.07) is 46.0. The van der Waals surface area contributed by atoms with Gasteiger partial charge in [0.05, 0.1) is 104 Å². The standard InChI is InChI=1S/C88H110N12O18/c1-61-35-39-91-77(57-61)89-37-9-19-83(105)97-73(87(111)99-75(59-85(107)108)67-25-21-65(22-26-67)71-17-7-13-63-11-3-5-15-69(63)71)29-31-79(101)93-41-45-113-49-53-117-55-51-115-47-43-95-81(103)33-34-82(104)96-44-48-116-52-56-118-54-50-114-46-42-94-80(102)32-30-74(98-84(106)20-10-38-90-78-58-62(2)36-40-92-78)88(112)100-76(60-86(109)110)68-27-23-66(24-28-68)72-18-8-14-64-12-4-6-16-70(64)72/h3-8,11-18,21-28,35-36,39-40,57-58,73-76H,9-10,19-20,29-34,37-38,41-56,59-60H2,1-2H3,(H,89,91)(H,90,92)(H,93,101)(H,94,102)(H,95,103)(H,96,104)(H,97,105)(H,98,106)(H,99,111)(H,100,112)(H,107,108)(H,109,110)/t73-,74-,75?,76?/m0/s1. The van der Waals surface area contributed by atoms with E-state index in [2.05, 4.69) is 63.1 Å². The Kier molecular flexibility index (Phi) is 40.4. The highest BCUT2D eigenvalue weighted by Gasteiger charge is 2.29. The van der Waals surface area contributed by atoms with Gasteiger partial charge < -0.3 is 91.8 Å². The normalized spacial score (nSPS) is 12.1. The molecule has 630 valence electrons. The largest absolute Gasteiger partial charge is 0.481 e. The molecule has 0 aliphatic rings. The fraction of sp³-hybridized carbons (Fsp3) is 0.409. The molecule has 4 atom stereocenters. The van der Waals surface area contributed by atoms with Gasteiger partial charge in [-0.05, 0) is 130 Å². The van der Waals surface area contributed by atoms with Crippen molar-refractivity contribution >= 4 is 92.4 Å². The highest BCUT2D eigenvalue weighted by atomic mass is 16.5. The molecule has 2 aromatic heterocycles. The zero-order valence-electron chi connectivity index (χ0n) is 67.0. The summed E-state index contributed by atoms with van der Waals surface area (Å²) in [4.78, 5) is 138. The average Bonchev–Trinajstić information content (AvgIpc) is 0.805. The molecule has 30 heteroatoms. The number of nitrogens with one attached hydrogen (secondary N) is 10. The van der Waals surface area contributed by atoms with Gasteiger partial charge in [-0.2, -0.15) is 0 Å². The van der Waals surface area contributed by atoms with Gasteiger partial charge in [0.1, 0.15) is 23.7 Å². The van der Waals surface area contributed by atoms with E-state index in [0.29, 0.717) is 48.7 Å². The van der Waals surface area contributed by atoms with Crippen LogP contribution in [0, 0.1) is 13.8 Å². The van der Waals surface area contributed by atoms with E-state index >= 15 is 0 Å². The van der Waals surface area contributed by atoms with Gasteiger partial charge in [-0.1, -0.05) is 133 Å². The Morgan fingerprint density at radius 2 is 0.678 bits per heavy atom. The number of amides is 8. The molecule has 2 heterocycles. The summed E-state index contributed by atoms with van der Waals surface area (Å²) in [5.74, 6) is -4.41. The van der Waals surface area contributed by atoms with Gasteiger partial charge in [-0.25, -0.2) is 9.97 Å². The number of pyridine rings is 2. The van der Waals surface area contributed by atoms with Crippen molar-refractivity contribution < 1.29 is 86.6 Å². The predicted molar refractivity (Wildman–Crippen MR) is 447 cm³/mol. The minimum atomic E-state index is -1.15. The molecule has 0 spiro atoms. The molecular weight excluding hydrogens is 1510 g/mol. The van der Waals surface area contributed by atoms with Crippen LogP contribution in [0.1, 0.15) is 111 Å². The minimum absolute atomic E-state index is 0.0163. The van der Waals surface area contributed by atoms with Gasteiger partial charge in [0.15, 0.2) is 0 Å². The SMILES string of the molecule is Cc1ccnc(NCCCC(=O)N[C@@H](CCC(=O)NCCOCCOCCOCCNC(=O)CCC(=O)NCCOCCOCCOCCNC(=O)CC[C@H](NC(=O)CCCNc2cc(C)ccn2)C(=O)NC(CC(=O)O)c2ccc(-c3cccc4ccccc34)cc2)C(=O)NC(CC(=O)O)c2ccc(-c3cccc4ccccc34)cc2)c1. The van der Waals surface area contributed by atoms with E-state index in [-0.39, 0.29) is 180 Å². The van der Waals surface area contributed by atoms with Gasteiger partial charge in [0.25, 0.3) is 0 Å². The van der Waals surface area contributed by atoms with Crippen molar-refractivity contribution in [3.8, 4) is 22.3 Å². The van der Waals surface area contributed by atoms with Gasteiger partial charge in [-0.15, -0.1) is 0 Å². The number of hydrogen-bond donors (Lipinski definition) is 12. The Labute approximate surface area is 687 Å². The van der Waals surface area contributed by atoms with Crippen LogP contribution in [-0.4, -0.2) is 210 Å². The summed E-state index contributed by atoms with van der Waals surface area (Å²) in [5, 5.41) is 52.6. The second-order valence-corrected chi connectivity index (χ2v) is 28.0. The highest BCUT2D eigenvalue weighted by molar-refractivity contribution is 5.98. The van der Waals surface area contributed by atoms with E-state index in [1.54, 1.807) is 36.7 Å². The van der Waals surface area contributed by atoms with Gasteiger partial charge in [0.2, 0.25) is 47.3 Å². The number of aryl methyl sites for hydroxylation is 2. The van der Waals surface area contributed by atoms with Crippen molar-refractivity contribution in [1.29, 1.82) is 0 Å². The fourth-order valence-corrected chi connectivity index (χ4v) is 12.7. The molecule has 6 aromatic carbocycles. The van der Waals surface area contributed by atoms with Crippen LogP contribution in [0.5, 0.6) is 0 Å². The van der Waals surface area contributed by atoms with Crippen LogP contribution in [0.4, 0.5) is 11.6 Å². The molecule has 0 aliphatic carbocycles. The molecule has 118 heavy (non-hydrogen) atoms. The zero-order chi connectivity index (χ0) is 83.9. The van der Waals surface area contributed by atoms with E-state index in [4.69, 9.17) is 28.4 Å². The van der Waals surface area contributed by atoms with Crippen LogP contribution in [-0.2, 0) is 76.4 Å². The molecule has 8 rings (SSSR count). The lowest BCUT2D eigenvalue weighted by molar-refractivity contribution is -0.139. The Morgan fingerprint density at radius 3 is 1.03 bits per heavy atom. The van der Waals surface area contributed by atoms with Crippen LogP contribution in [0.3, 0.4) is 0 Å². The van der Waals surface area contributed by atoms with Crippen molar-refractivity contribution in [1.82, 2.24) is 52.5 Å². The second-order valence-electron chi connectivity index (χ2n) is 28.0. The second kappa shape index (κ2) is 52.0. The summed E-state index contributed by atoms with van der Waals surface area (Å²) in [7, 11) is 0. The molecule has 0 radical (unpaired) electrons. The Balaban J connectivity index is 0.613. The van der Waals surface area contributed by atoms with Crippen molar-refractivity contribution in [2.24, 2.45) is 0 Å². The number of carboxylic acid groups (broad SMARTS) is 2. The minimum Gasteiger partial charge on any atom is -0.481 e. The van der Waals surface area contributed by atoms with Crippen LogP contribution < -0.4 is 53.2 Å². The van der Waals surface area contributed by atoms with Crippen molar-refractivity contribution in [3.63, 3.8) is 0 Å². The Bertz CT molecular complexity index is 4220. The summed E-state index contributed by atoms with van der Waals surface area (Å²) in [5.41, 5.74) is 6.99. The number of ether oxygens (including phenoxy) is 6. The monoisotopic (exact) mass is 1620 g/mol. The van der Waals surface area contributed by atoms with Gasteiger partial charge in [0, 0.05) is 90.2 Å². The van der Waals surface area contributed by atoms with E-state index in [1.807, 2.05) is 147 Å². The number of hydrogen-bond acceptors (Lipinski definition) is 20. The number of anilines is 2. The van der Waals surface area contributed by atoms with E-state index in [1.165, 1.54) is 0 Å². The van der Waals surface area contributed by atoms with Crippen LogP contribution in [0.15, 0.2) is 170 Å². The highest BCUT2D eigenvalue weighted by Crippen LogP contribution is 2.32. The molecule has 0 fully saturated rings. The quantitative estimate of drug-likeness (QED) is 0.0159. The van der Waals surface area contributed by atoms with Crippen molar-refractivity contribution in [2.45, 2.75) is 115 Å². The third kappa shape index (κ3) is 34.6. The number of benzene rings is 6. The third-order valence-corrected chi connectivity index (χ3v) is 18.8. The first-order chi connectivity index (χ1) is 57.3. The lowest BCUT2D eigenvalue weighted by atomic mass is 9.95. The average molecular weight is 1620 g/mol. The molecule has 0 saturated heterocycles. The van der Waals surface area contributed by atoms with Crippen molar-refractivity contribution in [2.75, 3.05) is 129 Å². The predicted octanol–water partition coefficient (Wildman–Crippen LogP) is 8.36. The smallest absolute Gasteiger partial charge is 0.305 e. The molecule has 12 N–H and O–H groups in total. The maximum absolute atomic E-state index is 14.0. The first-order valence-corrected chi connectivity index (χ1v) is 40.0. The van der Waals surface area contributed by atoms with E-state index < -0.39 is 72.6 Å². The molecule has 2 unspecified atom stereocenters. The first kappa shape index (κ1) is 91.7. The topological polar surface area (TPSA) is 413 Å². The lowest BCUT2D eigenvalue weighted by Crippen LogP contribution is -2.48. The first-order valence-electron chi connectivity index (χ1n) is 40.0. The number of aromatic nitrogens is 2. The number of rotatable bonds is 57. The van der Waals surface area contributed by atoms with Gasteiger partial charge >= 0.3 is 11.9 Å². The molecule has 0 aliphatic heterocycles. The summed E-state index contributed by atoms with van der Waals surface area (Å²) in [6.07, 6.45) is 3.09. The van der Waals surface area contributed by atoms with Crippen LogP contribution in [0.2, 0.25) is 0 Å². The summed E-state index contributed by atoms with van der Waals surface area (Å²) < 4.78 is 33.4. The molecule has 8 amide bonds. The van der Waals surface area contributed by atoms with Crippen LogP contribution >= 0.6 is 0 Å². The van der Waals surface area contributed by atoms with E-state index in [9.17, 15) is 58.2 Å². The Hall–Kier alpha value is -11.8. The maximum atomic E-state index is 14.0. The lowest BCUT2D eigenvalue weighted by Gasteiger charge is -2.23. The number of nitrogens with zero attached hydrogens (tertiary/aromatic N) is 2. The third-order valence-electron chi connectivity index (χ3n) is 18.8. The molecular formula is C88H110N12O18. The maximum Gasteiger partial charge on any atom is 0.305 e. The summed E-state index contributed by atoms with van der Waals surface area (Å²) >= 11 is 0. The fourth-order valence-electron chi connectivity index (χ4n) is 12.7. The number of carbonyl (C=O) groups is 10. The number of carboxylic acids is 2. The number of aliphatic carboxylic acids is 2. The van der Waals surface area contributed by atoms with Crippen LogP contribution in [0.25, 0.3) is 43.8 Å². The number of carbonyl (C=O) groups excluding carboxylic acids is 8. The molecule has 0 bridgehead atoms. The Morgan fingerprint density at radius 1 is 0.347 bits per heavy atom.